The summed E-state index contributed by atoms with van der Waals surface area (Å²) >= 11 is 0. The third-order valence-corrected chi connectivity index (χ3v) is 4.64. The highest BCUT2D eigenvalue weighted by Gasteiger charge is 2.31. The van der Waals surface area contributed by atoms with Crippen molar-refractivity contribution < 1.29 is 18.0 Å². The highest BCUT2D eigenvalue weighted by Crippen LogP contribution is 2.31. The molecule has 0 atom stereocenters. The van der Waals surface area contributed by atoms with Gasteiger partial charge in [-0.2, -0.15) is 18.0 Å². The minimum absolute atomic E-state index is 0.0277. The fourth-order valence-electron chi connectivity index (χ4n) is 3.09. The van der Waals surface area contributed by atoms with E-state index in [1.54, 1.807) is 23.4 Å². The smallest absolute Gasteiger partial charge is 0.337 e. The normalized spacial score (nSPS) is 14.8. The number of nitrogens with zero attached hydrogens (tertiary/aromatic N) is 8. The molecule has 0 bridgehead atoms. The lowest BCUT2D eigenvalue weighted by atomic mass is 10.1. The molecule has 0 aliphatic carbocycles. The van der Waals surface area contributed by atoms with Gasteiger partial charge in [0.15, 0.2) is 0 Å². The number of hydrogen-bond donors (Lipinski definition) is 0. The predicted molar refractivity (Wildman–Crippen MR) is 99.1 cm³/mol. The molecular formula is C18H17F3N8O. The lowest BCUT2D eigenvalue weighted by Gasteiger charge is -2.34. The van der Waals surface area contributed by atoms with Gasteiger partial charge in [0.25, 0.3) is 0 Å². The van der Waals surface area contributed by atoms with Gasteiger partial charge >= 0.3 is 6.18 Å². The number of carbonyl (C=O) groups excluding carboxylic acids is 1. The second kappa shape index (κ2) is 8.05. The summed E-state index contributed by atoms with van der Waals surface area (Å²) in [6, 6.07) is 6.40. The molecule has 1 aliphatic rings. The Kier molecular flexibility index (Phi) is 5.29. The number of halogens is 3. The molecule has 1 saturated heterocycles. The number of anilines is 1. The summed E-state index contributed by atoms with van der Waals surface area (Å²) in [6.45, 7) is 2.03. The van der Waals surface area contributed by atoms with E-state index in [9.17, 15) is 18.0 Å². The molecule has 3 heterocycles. The van der Waals surface area contributed by atoms with Gasteiger partial charge in [-0.05, 0) is 23.4 Å². The standard InChI is InChI=1S/C18H17F3N8O/c19-18(20,21)14-4-1-3-13(11-14)16-24-26-29(25-16)12-15(30)27-7-9-28(10-8-27)17-22-5-2-6-23-17/h1-6,11H,7-10,12H2. The fourth-order valence-corrected chi connectivity index (χ4v) is 3.09. The van der Waals surface area contributed by atoms with Crippen LogP contribution in [0.4, 0.5) is 19.1 Å². The molecule has 156 valence electrons. The maximum Gasteiger partial charge on any atom is 0.416 e. The van der Waals surface area contributed by atoms with Crippen molar-refractivity contribution in [1.82, 2.24) is 35.1 Å². The molecule has 1 fully saturated rings. The quantitative estimate of drug-likeness (QED) is 0.634. The lowest BCUT2D eigenvalue weighted by molar-refractivity contribution is -0.137. The van der Waals surface area contributed by atoms with E-state index in [0.29, 0.717) is 32.1 Å². The third kappa shape index (κ3) is 4.36. The molecule has 0 N–H and O–H groups in total. The van der Waals surface area contributed by atoms with Crippen molar-refractivity contribution in [3.8, 4) is 11.4 Å². The second-order valence-electron chi connectivity index (χ2n) is 6.64. The van der Waals surface area contributed by atoms with Crippen LogP contribution in [0.1, 0.15) is 5.56 Å². The summed E-state index contributed by atoms with van der Waals surface area (Å²) < 4.78 is 38.6. The number of carbonyl (C=O) groups is 1. The number of alkyl halides is 3. The van der Waals surface area contributed by atoms with Crippen molar-refractivity contribution >= 4 is 11.9 Å². The van der Waals surface area contributed by atoms with Gasteiger partial charge in [-0.3, -0.25) is 4.79 Å². The van der Waals surface area contributed by atoms with Gasteiger partial charge in [0.1, 0.15) is 6.54 Å². The van der Waals surface area contributed by atoms with Gasteiger partial charge in [-0.1, -0.05) is 12.1 Å². The summed E-state index contributed by atoms with van der Waals surface area (Å²) in [7, 11) is 0. The third-order valence-electron chi connectivity index (χ3n) is 4.64. The Bertz CT molecular complexity index is 1020. The van der Waals surface area contributed by atoms with E-state index in [1.165, 1.54) is 12.1 Å². The van der Waals surface area contributed by atoms with Gasteiger partial charge in [0.2, 0.25) is 17.7 Å². The minimum Gasteiger partial charge on any atom is -0.337 e. The van der Waals surface area contributed by atoms with E-state index in [4.69, 9.17) is 0 Å². The number of hydrogen-bond acceptors (Lipinski definition) is 7. The van der Waals surface area contributed by atoms with Crippen molar-refractivity contribution in [2.75, 3.05) is 31.1 Å². The lowest BCUT2D eigenvalue weighted by Crippen LogP contribution is -2.50. The minimum atomic E-state index is -4.46. The Balaban J connectivity index is 1.37. The van der Waals surface area contributed by atoms with Crippen LogP contribution in [0.25, 0.3) is 11.4 Å². The van der Waals surface area contributed by atoms with Crippen molar-refractivity contribution in [3.63, 3.8) is 0 Å². The Morgan fingerprint density at radius 1 is 1.03 bits per heavy atom. The monoisotopic (exact) mass is 418 g/mol. The van der Waals surface area contributed by atoms with Crippen LogP contribution < -0.4 is 4.90 Å². The molecular weight excluding hydrogens is 401 g/mol. The molecule has 0 unspecified atom stereocenters. The van der Waals surface area contributed by atoms with Crippen LogP contribution in [0.3, 0.4) is 0 Å². The zero-order valence-corrected chi connectivity index (χ0v) is 15.7. The molecule has 0 spiro atoms. The van der Waals surface area contributed by atoms with Gasteiger partial charge in [0, 0.05) is 44.1 Å². The van der Waals surface area contributed by atoms with Crippen molar-refractivity contribution in [2.24, 2.45) is 0 Å². The van der Waals surface area contributed by atoms with Gasteiger partial charge in [-0.15, -0.1) is 10.2 Å². The summed E-state index contributed by atoms with van der Waals surface area (Å²) in [6.07, 6.45) is -1.13. The maximum atomic E-state index is 12.9. The van der Waals surface area contributed by atoms with Gasteiger partial charge < -0.3 is 9.80 Å². The molecule has 30 heavy (non-hydrogen) atoms. The SMILES string of the molecule is O=C(Cn1nnc(-c2cccc(C(F)(F)F)c2)n1)N1CCN(c2ncccn2)CC1. The topological polar surface area (TPSA) is 92.9 Å². The Hall–Kier alpha value is -3.57. The molecule has 2 aromatic heterocycles. The van der Waals surface area contributed by atoms with Crippen molar-refractivity contribution in [1.29, 1.82) is 0 Å². The van der Waals surface area contributed by atoms with Gasteiger partial charge in [0.05, 0.1) is 5.56 Å². The van der Waals surface area contributed by atoms with E-state index in [0.717, 1.165) is 16.9 Å². The zero-order valence-electron chi connectivity index (χ0n) is 15.7. The van der Waals surface area contributed by atoms with Crippen LogP contribution in [0.5, 0.6) is 0 Å². The Morgan fingerprint density at radius 3 is 2.47 bits per heavy atom. The van der Waals surface area contributed by atoms with Crippen LogP contribution in [-0.2, 0) is 17.5 Å². The molecule has 12 heteroatoms. The molecule has 1 amide bonds. The second-order valence-corrected chi connectivity index (χ2v) is 6.64. The summed E-state index contributed by atoms with van der Waals surface area (Å²) in [5, 5.41) is 11.6. The molecule has 4 rings (SSSR count). The maximum absolute atomic E-state index is 12.9. The summed E-state index contributed by atoms with van der Waals surface area (Å²) in [4.78, 5) is 25.7. The van der Waals surface area contributed by atoms with Crippen LogP contribution in [0.2, 0.25) is 0 Å². The number of aromatic nitrogens is 6. The highest BCUT2D eigenvalue weighted by molar-refractivity contribution is 5.76. The summed E-state index contributed by atoms with van der Waals surface area (Å²) in [5.74, 6) is 0.449. The van der Waals surface area contributed by atoms with Crippen molar-refractivity contribution in [3.05, 3.63) is 48.3 Å². The molecule has 9 nitrogen and oxygen atoms in total. The van der Waals surface area contributed by atoms with E-state index in [-0.39, 0.29) is 23.8 Å². The number of benzene rings is 1. The van der Waals surface area contributed by atoms with Crippen LogP contribution in [0, 0.1) is 0 Å². The molecule has 1 aliphatic heterocycles. The average Bonchev–Trinajstić information content (AvgIpc) is 3.22. The molecule has 0 radical (unpaired) electrons. The van der Waals surface area contributed by atoms with Crippen LogP contribution >= 0.6 is 0 Å². The first-order valence-electron chi connectivity index (χ1n) is 9.15. The van der Waals surface area contributed by atoms with E-state index >= 15 is 0 Å². The van der Waals surface area contributed by atoms with Crippen LogP contribution in [-0.4, -0.2) is 67.2 Å². The number of tetrazole rings is 1. The zero-order chi connectivity index (χ0) is 21.1. The molecule has 0 saturated carbocycles. The van der Waals surface area contributed by atoms with E-state index < -0.39 is 11.7 Å². The van der Waals surface area contributed by atoms with Crippen LogP contribution in [0.15, 0.2) is 42.7 Å². The number of amides is 1. The predicted octanol–water partition coefficient (Wildman–Crippen LogP) is 1.50. The largest absolute Gasteiger partial charge is 0.416 e. The fraction of sp³-hybridized carbons (Fsp3) is 0.333. The Labute approximate surface area is 169 Å². The van der Waals surface area contributed by atoms with E-state index in [1.807, 2.05) is 4.90 Å². The van der Waals surface area contributed by atoms with E-state index in [2.05, 4.69) is 25.4 Å². The first-order chi connectivity index (χ1) is 14.4. The van der Waals surface area contributed by atoms with Gasteiger partial charge in [-0.25, -0.2) is 9.97 Å². The first kappa shape index (κ1) is 19.7. The first-order valence-corrected chi connectivity index (χ1v) is 9.15. The number of rotatable bonds is 4. The average molecular weight is 418 g/mol. The van der Waals surface area contributed by atoms with Crippen molar-refractivity contribution in [2.45, 2.75) is 12.7 Å². The molecule has 3 aromatic rings. The highest BCUT2D eigenvalue weighted by atomic mass is 19.4. The Morgan fingerprint density at radius 2 is 1.77 bits per heavy atom. The summed E-state index contributed by atoms with van der Waals surface area (Å²) in [5.41, 5.74) is -0.618. The number of piperazine rings is 1. The molecule has 1 aromatic carbocycles.